The second-order valence-electron chi connectivity index (χ2n) is 7.01. The van der Waals surface area contributed by atoms with E-state index in [0.717, 1.165) is 5.69 Å². The van der Waals surface area contributed by atoms with E-state index in [4.69, 9.17) is 12.2 Å². The highest BCUT2D eigenvalue weighted by Crippen LogP contribution is 2.25. The number of H-pyrrole nitrogens is 1. The van der Waals surface area contributed by atoms with Crippen LogP contribution in [0.4, 0.5) is 0 Å². The highest BCUT2D eigenvalue weighted by Gasteiger charge is 2.26. The molecule has 0 aromatic carbocycles. The number of rotatable bonds is 2. The number of amides is 1. The summed E-state index contributed by atoms with van der Waals surface area (Å²) in [5, 5.41) is 2.99. The molecular weight excluding hydrogens is 258 g/mol. The van der Waals surface area contributed by atoms with E-state index < -0.39 is 0 Å². The van der Waals surface area contributed by atoms with Gasteiger partial charge in [0.15, 0.2) is 4.77 Å². The quantitative estimate of drug-likeness (QED) is 0.818. The van der Waals surface area contributed by atoms with Crippen LogP contribution in [-0.4, -0.2) is 21.0 Å². The molecule has 0 bridgehead atoms. The van der Waals surface area contributed by atoms with Crippen LogP contribution in [0.3, 0.4) is 0 Å². The number of aromatic amines is 1. The molecule has 0 saturated heterocycles. The number of hydrogen-bond donors (Lipinski definition) is 2. The predicted octanol–water partition coefficient (Wildman–Crippen LogP) is 3.32. The second kappa shape index (κ2) is 5.12. The first-order valence-corrected chi connectivity index (χ1v) is 6.97. The minimum absolute atomic E-state index is 0.0197. The third-order valence-electron chi connectivity index (χ3n) is 2.84. The van der Waals surface area contributed by atoms with Crippen LogP contribution in [0.5, 0.6) is 0 Å². The van der Waals surface area contributed by atoms with Crippen LogP contribution >= 0.6 is 12.2 Å². The molecule has 4 nitrogen and oxygen atoms in total. The average Bonchev–Trinajstić information content (AvgIpc) is 2.55. The Bertz CT molecular complexity index is 514. The highest BCUT2D eigenvalue weighted by molar-refractivity contribution is 7.71. The average molecular weight is 283 g/mol. The van der Waals surface area contributed by atoms with E-state index in [9.17, 15) is 4.79 Å². The molecule has 1 aromatic heterocycles. The summed E-state index contributed by atoms with van der Waals surface area (Å²) in [6, 6.07) is -0.327. The van der Waals surface area contributed by atoms with Crippen LogP contribution in [0.2, 0.25) is 0 Å². The van der Waals surface area contributed by atoms with Crippen molar-refractivity contribution in [1.29, 1.82) is 0 Å². The van der Waals surface area contributed by atoms with E-state index >= 15 is 0 Å². The molecule has 1 unspecified atom stereocenters. The zero-order chi connectivity index (χ0) is 15.0. The van der Waals surface area contributed by atoms with E-state index in [2.05, 4.69) is 31.1 Å². The Morgan fingerprint density at radius 2 is 1.84 bits per heavy atom. The molecule has 1 atom stereocenters. The van der Waals surface area contributed by atoms with Crippen LogP contribution in [-0.2, 0) is 10.2 Å². The largest absolute Gasteiger partial charge is 0.350 e. The van der Waals surface area contributed by atoms with Crippen LogP contribution in [0.15, 0.2) is 6.20 Å². The van der Waals surface area contributed by atoms with Crippen molar-refractivity contribution in [1.82, 2.24) is 14.9 Å². The van der Waals surface area contributed by atoms with E-state index in [-0.39, 0.29) is 22.9 Å². The van der Waals surface area contributed by atoms with Crippen molar-refractivity contribution in [2.75, 3.05) is 0 Å². The van der Waals surface area contributed by atoms with Crippen LogP contribution in [0.25, 0.3) is 0 Å². The number of nitrogens with one attached hydrogen (secondary N) is 2. The first-order valence-electron chi connectivity index (χ1n) is 6.56. The molecule has 0 saturated carbocycles. The van der Waals surface area contributed by atoms with Gasteiger partial charge in [-0.2, -0.15) is 0 Å². The Kier molecular flexibility index (Phi) is 4.30. The van der Waals surface area contributed by atoms with E-state index in [1.807, 2.05) is 38.5 Å². The molecule has 0 aliphatic rings. The molecular formula is C14H25N3OS. The zero-order valence-electron chi connectivity index (χ0n) is 12.9. The van der Waals surface area contributed by atoms with E-state index in [0.29, 0.717) is 4.77 Å². The fourth-order valence-corrected chi connectivity index (χ4v) is 2.25. The van der Waals surface area contributed by atoms with E-state index in [1.165, 1.54) is 0 Å². The van der Waals surface area contributed by atoms with Gasteiger partial charge in [0.2, 0.25) is 5.91 Å². The lowest BCUT2D eigenvalue weighted by atomic mass is 9.92. The molecule has 1 aromatic rings. The lowest BCUT2D eigenvalue weighted by Gasteiger charge is -2.27. The van der Waals surface area contributed by atoms with Crippen LogP contribution in [0.1, 0.15) is 60.2 Å². The number of imidazole rings is 1. The predicted molar refractivity (Wildman–Crippen MR) is 80.9 cm³/mol. The molecule has 0 fully saturated rings. The molecule has 1 amide bonds. The summed E-state index contributed by atoms with van der Waals surface area (Å²) < 4.78 is 2.48. The lowest BCUT2D eigenvalue weighted by Crippen LogP contribution is -2.44. The summed E-state index contributed by atoms with van der Waals surface area (Å²) in [6.45, 7) is 14.1. The summed E-state index contributed by atoms with van der Waals surface area (Å²) in [4.78, 5) is 15.3. The number of carbonyl (C=O) groups is 1. The van der Waals surface area contributed by atoms with Gasteiger partial charge in [-0.3, -0.25) is 4.79 Å². The minimum atomic E-state index is -0.327. The molecule has 1 heterocycles. The van der Waals surface area contributed by atoms with Crippen molar-refractivity contribution in [3.05, 3.63) is 16.7 Å². The number of carbonyl (C=O) groups excluding carboxylic acids is 1. The Morgan fingerprint density at radius 1 is 1.32 bits per heavy atom. The van der Waals surface area contributed by atoms with Crippen molar-refractivity contribution in [3.8, 4) is 0 Å². The normalized spacial score (nSPS) is 14.3. The van der Waals surface area contributed by atoms with Crippen LogP contribution in [0, 0.1) is 4.77 Å². The summed E-state index contributed by atoms with van der Waals surface area (Å²) >= 11 is 5.31. The monoisotopic (exact) mass is 283 g/mol. The van der Waals surface area contributed by atoms with Gasteiger partial charge >= 0.3 is 0 Å². The topological polar surface area (TPSA) is 49.8 Å². The molecule has 1 rings (SSSR count). The minimum Gasteiger partial charge on any atom is -0.350 e. The Morgan fingerprint density at radius 3 is 2.26 bits per heavy atom. The number of hydrogen-bond acceptors (Lipinski definition) is 2. The molecule has 0 radical (unpaired) electrons. The lowest BCUT2D eigenvalue weighted by molar-refractivity contribution is -0.125. The Balaban J connectivity index is 3.14. The fraction of sp³-hybridized carbons (Fsp3) is 0.714. The van der Waals surface area contributed by atoms with Crippen molar-refractivity contribution in [3.63, 3.8) is 0 Å². The molecule has 5 heteroatoms. The fourth-order valence-electron chi connectivity index (χ4n) is 1.93. The molecule has 2 N–H and O–H groups in total. The molecule has 108 valence electrons. The van der Waals surface area contributed by atoms with Gasteiger partial charge in [0.05, 0.1) is 0 Å². The van der Waals surface area contributed by atoms with Gasteiger partial charge in [-0.15, -0.1) is 0 Å². The first kappa shape index (κ1) is 16.0. The molecule has 0 spiro atoms. The number of aromatic nitrogens is 2. The zero-order valence-corrected chi connectivity index (χ0v) is 13.7. The van der Waals surface area contributed by atoms with Crippen molar-refractivity contribution in [2.45, 2.75) is 65.5 Å². The maximum atomic E-state index is 12.3. The van der Waals surface area contributed by atoms with Gasteiger partial charge < -0.3 is 14.9 Å². The smallest absolute Gasteiger partial charge is 0.243 e. The number of nitrogens with zero attached hydrogens (tertiary/aromatic N) is 1. The SMILES string of the molecule is CC(C(=O)NC(C)(C)C)n1c(C(C)(C)C)c[nH]c1=S. The van der Waals surface area contributed by atoms with Crippen molar-refractivity contribution >= 4 is 18.1 Å². The highest BCUT2D eigenvalue weighted by atomic mass is 32.1. The van der Waals surface area contributed by atoms with Gasteiger partial charge in [0, 0.05) is 22.8 Å². The summed E-state index contributed by atoms with van der Waals surface area (Å²) in [6.07, 6.45) is 1.89. The van der Waals surface area contributed by atoms with Crippen LogP contribution < -0.4 is 5.32 Å². The maximum absolute atomic E-state index is 12.3. The van der Waals surface area contributed by atoms with Crippen molar-refractivity contribution in [2.24, 2.45) is 0 Å². The molecule has 0 aliphatic carbocycles. The third-order valence-corrected chi connectivity index (χ3v) is 3.16. The van der Waals surface area contributed by atoms with Gasteiger partial charge in [0.25, 0.3) is 0 Å². The van der Waals surface area contributed by atoms with Gasteiger partial charge in [-0.25, -0.2) is 0 Å². The first-order chi connectivity index (χ1) is 8.43. The third kappa shape index (κ3) is 3.93. The van der Waals surface area contributed by atoms with Gasteiger partial charge in [-0.05, 0) is 39.9 Å². The summed E-state index contributed by atoms with van der Waals surface area (Å²) in [5.74, 6) is -0.0197. The summed E-state index contributed by atoms with van der Waals surface area (Å²) in [5.41, 5.74) is 0.726. The van der Waals surface area contributed by atoms with Gasteiger partial charge in [0.1, 0.15) is 6.04 Å². The van der Waals surface area contributed by atoms with E-state index in [1.54, 1.807) is 0 Å². The second-order valence-corrected chi connectivity index (χ2v) is 7.40. The molecule has 19 heavy (non-hydrogen) atoms. The van der Waals surface area contributed by atoms with Crippen molar-refractivity contribution < 1.29 is 4.79 Å². The molecule has 0 aliphatic heterocycles. The maximum Gasteiger partial charge on any atom is 0.243 e. The Labute approximate surface area is 120 Å². The Hall–Kier alpha value is -1.10. The standard InChI is InChI=1S/C14H25N3OS/c1-9(11(18)16-14(5,6)7)17-10(13(2,3)4)8-15-12(17)19/h8-9H,1-7H3,(H,15,19)(H,16,18). The summed E-state index contributed by atoms with van der Waals surface area (Å²) in [7, 11) is 0. The van der Waals surface area contributed by atoms with Gasteiger partial charge in [-0.1, -0.05) is 20.8 Å².